The van der Waals surface area contributed by atoms with Gasteiger partial charge in [0.25, 0.3) is 0 Å². The van der Waals surface area contributed by atoms with Gasteiger partial charge in [-0.2, -0.15) is 0 Å². The SMILES string of the molecule is CC1(C)CN(C2(CNC(=O)Cc3ccc(N)cc3)CCCCC2)CCO1.Cl.Cl. The molecule has 1 saturated heterocycles. The minimum atomic E-state index is -0.114. The van der Waals surface area contributed by atoms with Gasteiger partial charge in [-0.1, -0.05) is 31.4 Å². The number of hydrogen-bond donors (Lipinski definition) is 2. The number of anilines is 1. The summed E-state index contributed by atoms with van der Waals surface area (Å²) in [5, 5.41) is 3.23. The van der Waals surface area contributed by atoms with E-state index in [1.54, 1.807) is 0 Å². The van der Waals surface area contributed by atoms with Crippen LogP contribution in [0.2, 0.25) is 0 Å². The van der Waals surface area contributed by atoms with E-state index in [1.807, 2.05) is 24.3 Å². The quantitative estimate of drug-likeness (QED) is 0.698. The average molecular weight is 432 g/mol. The monoisotopic (exact) mass is 431 g/mol. The number of nitrogens with one attached hydrogen (secondary N) is 1. The third kappa shape index (κ3) is 6.51. The van der Waals surface area contributed by atoms with Crippen LogP contribution < -0.4 is 11.1 Å². The summed E-state index contributed by atoms with van der Waals surface area (Å²) in [5.41, 5.74) is 7.41. The molecule has 0 spiro atoms. The number of rotatable bonds is 5. The Bertz CT molecular complexity index is 617. The van der Waals surface area contributed by atoms with Crippen LogP contribution >= 0.6 is 24.8 Å². The predicted molar refractivity (Wildman–Crippen MR) is 119 cm³/mol. The minimum absolute atomic E-state index is 0. The van der Waals surface area contributed by atoms with Crippen molar-refractivity contribution < 1.29 is 9.53 Å². The summed E-state index contributed by atoms with van der Waals surface area (Å²) in [7, 11) is 0. The highest BCUT2D eigenvalue weighted by Crippen LogP contribution is 2.36. The molecule has 5 nitrogen and oxygen atoms in total. The van der Waals surface area contributed by atoms with Gasteiger partial charge in [-0.05, 0) is 44.4 Å². The van der Waals surface area contributed by atoms with Crippen molar-refractivity contribution in [3.63, 3.8) is 0 Å². The second kappa shape index (κ2) is 10.7. The summed E-state index contributed by atoms with van der Waals surface area (Å²) in [6.45, 7) is 7.72. The van der Waals surface area contributed by atoms with Gasteiger partial charge in [0.05, 0.1) is 18.6 Å². The van der Waals surface area contributed by atoms with Crippen molar-refractivity contribution in [3.8, 4) is 0 Å². The fourth-order valence-electron chi connectivity index (χ4n) is 4.38. The van der Waals surface area contributed by atoms with Crippen LogP contribution in [-0.4, -0.2) is 48.2 Å². The number of nitrogens with two attached hydrogens (primary N) is 1. The molecule has 3 N–H and O–H groups in total. The number of hydrogen-bond acceptors (Lipinski definition) is 4. The fraction of sp³-hybridized carbons (Fsp3) is 0.667. The lowest BCUT2D eigenvalue weighted by atomic mass is 9.79. The third-order valence-electron chi connectivity index (χ3n) is 5.84. The maximum Gasteiger partial charge on any atom is 0.224 e. The lowest BCUT2D eigenvalue weighted by Crippen LogP contribution is -2.63. The van der Waals surface area contributed by atoms with E-state index in [9.17, 15) is 4.79 Å². The van der Waals surface area contributed by atoms with Gasteiger partial charge in [-0.15, -0.1) is 24.8 Å². The van der Waals surface area contributed by atoms with Crippen LogP contribution in [-0.2, 0) is 16.0 Å². The van der Waals surface area contributed by atoms with Crippen LogP contribution in [0.1, 0.15) is 51.5 Å². The molecule has 160 valence electrons. The van der Waals surface area contributed by atoms with Crippen molar-refractivity contribution in [2.24, 2.45) is 0 Å². The zero-order valence-electron chi connectivity index (χ0n) is 17.0. The van der Waals surface area contributed by atoms with Crippen LogP contribution in [0.4, 0.5) is 5.69 Å². The number of nitrogens with zero attached hydrogens (tertiary/aromatic N) is 1. The molecule has 1 heterocycles. The van der Waals surface area contributed by atoms with E-state index in [1.165, 1.54) is 19.3 Å². The number of morpholine rings is 1. The first kappa shape index (κ1) is 25.0. The zero-order valence-corrected chi connectivity index (χ0v) is 18.7. The number of ether oxygens (including phenoxy) is 1. The van der Waals surface area contributed by atoms with E-state index in [-0.39, 0.29) is 41.9 Å². The van der Waals surface area contributed by atoms with Gasteiger partial charge in [-0.25, -0.2) is 0 Å². The predicted octanol–water partition coefficient (Wildman–Crippen LogP) is 3.58. The molecule has 1 amide bonds. The van der Waals surface area contributed by atoms with Crippen LogP contribution in [0.3, 0.4) is 0 Å². The average Bonchev–Trinajstić information content (AvgIpc) is 2.62. The normalized spacial score (nSPS) is 21.1. The Morgan fingerprint density at radius 3 is 2.39 bits per heavy atom. The van der Waals surface area contributed by atoms with Gasteiger partial charge in [0.15, 0.2) is 0 Å². The molecule has 0 atom stereocenters. The van der Waals surface area contributed by atoms with Crippen molar-refractivity contribution >= 4 is 36.4 Å². The van der Waals surface area contributed by atoms with E-state index >= 15 is 0 Å². The summed E-state index contributed by atoms with van der Waals surface area (Å²) in [6, 6.07) is 7.55. The molecule has 0 unspecified atom stereocenters. The van der Waals surface area contributed by atoms with Crippen molar-refractivity contribution in [1.82, 2.24) is 10.2 Å². The largest absolute Gasteiger partial charge is 0.399 e. The number of nitrogen functional groups attached to an aromatic ring is 1. The molecule has 7 heteroatoms. The molecule has 3 rings (SSSR count). The number of carbonyl (C=O) groups excluding carboxylic acids is 1. The first-order valence-electron chi connectivity index (χ1n) is 9.89. The Labute approximate surface area is 181 Å². The lowest BCUT2D eigenvalue weighted by molar-refractivity contribution is -0.129. The maximum atomic E-state index is 12.5. The van der Waals surface area contributed by atoms with Crippen LogP contribution in [0, 0.1) is 0 Å². The second-order valence-electron chi connectivity index (χ2n) is 8.51. The first-order valence-corrected chi connectivity index (χ1v) is 9.89. The molecule has 2 fully saturated rings. The van der Waals surface area contributed by atoms with E-state index in [4.69, 9.17) is 10.5 Å². The highest BCUT2D eigenvalue weighted by molar-refractivity contribution is 5.85. The summed E-state index contributed by atoms with van der Waals surface area (Å²) in [4.78, 5) is 15.1. The molecule has 1 aliphatic heterocycles. The maximum absolute atomic E-state index is 12.5. The number of amides is 1. The van der Waals surface area contributed by atoms with Crippen molar-refractivity contribution in [2.75, 3.05) is 32.0 Å². The number of benzene rings is 1. The summed E-state index contributed by atoms with van der Waals surface area (Å²) < 4.78 is 5.91. The molecule has 1 aromatic rings. The second-order valence-corrected chi connectivity index (χ2v) is 8.51. The molecular weight excluding hydrogens is 397 g/mol. The molecular formula is C21H35Cl2N3O2. The van der Waals surface area contributed by atoms with E-state index < -0.39 is 0 Å². The van der Waals surface area contributed by atoms with E-state index in [0.717, 1.165) is 50.3 Å². The number of carbonyl (C=O) groups is 1. The van der Waals surface area contributed by atoms with Gasteiger partial charge in [-0.3, -0.25) is 9.69 Å². The van der Waals surface area contributed by atoms with Crippen molar-refractivity contribution in [2.45, 2.75) is 63.5 Å². The molecule has 2 aliphatic rings. The topological polar surface area (TPSA) is 67.6 Å². The summed E-state index contributed by atoms with van der Waals surface area (Å²) >= 11 is 0. The van der Waals surface area contributed by atoms with E-state index in [2.05, 4.69) is 24.1 Å². The minimum Gasteiger partial charge on any atom is -0.399 e. The molecule has 0 radical (unpaired) electrons. The molecule has 1 aliphatic carbocycles. The van der Waals surface area contributed by atoms with E-state index in [0.29, 0.717) is 6.42 Å². The van der Waals surface area contributed by atoms with Crippen LogP contribution in [0.5, 0.6) is 0 Å². The Kier molecular flexibility index (Phi) is 9.54. The number of halogens is 2. The lowest BCUT2D eigenvalue weighted by Gasteiger charge is -2.51. The van der Waals surface area contributed by atoms with Gasteiger partial charge in [0, 0.05) is 30.9 Å². The highest BCUT2D eigenvalue weighted by atomic mass is 35.5. The van der Waals surface area contributed by atoms with Gasteiger partial charge < -0.3 is 15.8 Å². The Morgan fingerprint density at radius 1 is 1.14 bits per heavy atom. The van der Waals surface area contributed by atoms with Gasteiger partial charge in [0.1, 0.15) is 0 Å². The molecule has 1 saturated carbocycles. The molecule has 0 aromatic heterocycles. The highest BCUT2D eigenvalue weighted by Gasteiger charge is 2.42. The van der Waals surface area contributed by atoms with Crippen molar-refractivity contribution in [3.05, 3.63) is 29.8 Å². The molecule has 0 bridgehead atoms. The summed E-state index contributed by atoms with van der Waals surface area (Å²) in [5.74, 6) is 0.0900. The third-order valence-corrected chi connectivity index (χ3v) is 5.84. The van der Waals surface area contributed by atoms with Crippen molar-refractivity contribution in [1.29, 1.82) is 0 Å². The Hall–Kier alpha value is -1.01. The zero-order chi connectivity index (χ0) is 18.6. The summed E-state index contributed by atoms with van der Waals surface area (Å²) in [6.07, 6.45) is 6.51. The van der Waals surface area contributed by atoms with Gasteiger partial charge in [0.2, 0.25) is 5.91 Å². The van der Waals surface area contributed by atoms with Crippen LogP contribution in [0.25, 0.3) is 0 Å². The standard InChI is InChI=1S/C21H33N3O2.2ClH/c1-20(2)16-24(12-13-26-20)21(10-4-3-5-11-21)15-23-19(25)14-17-6-8-18(22)9-7-17;;/h6-9H,3-5,10-16,22H2,1-2H3,(H,23,25);2*1H. The fourth-order valence-corrected chi connectivity index (χ4v) is 4.38. The molecule has 28 heavy (non-hydrogen) atoms. The molecule has 1 aromatic carbocycles. The smallest absolute Gasteiger partial charge is 0.224 e. The Balaban J connectivity index is 0.00000196. The van der Waals surface area contributed by atoms with Crippen LogP contribution in [0.15, 0.2) is 24.3 Å². The Morgan fingerprint density at radius 2 is 1.79 bits per heavy atom. The first-order chi connectivity index (χ1) is 12.4. The van der Waals surface area contributed by atoms with Gasteiger partial charge >= 0.3 is 0 Å².